The SMILES string of the molecule is O=C([O-])C1CCC(=O)N1CC1CCOCC1.[Li+]. The molecule has 0 aromatic rings. The molecule has 1 amide bonds. The molecular weight excluding hydrogens is 217 g/mol. The van der Waals surface area contributed by atoms with Crippen molar-refractivity contribution in [2.75, 3.05) is 19.8 Å². The van der Waals surface area contributed by atoms with Crippen LogP contribution < -0.4 is 24.0 Å². The van der Waals surface area contributed by atoms with Crippen molar-refractivity contribution < 1.29 is 38.3 Å². The summed E-state index contributed by atoms with van der Waals surface area (Å²) in [6, 6.07) is -0.713. The zero-order valence-electron chi connectivity index (χ0n) is 10.2. The Hall–Kier alpha value is -0.503. The molecule has 0 spiro atoms. The number of hydrogen-bond donors (Lipinski definition) is 0. The van der Waals surface area contributed by atoms with Gasteiger partial charge in [0, 0.05) is 26.2 Å². The molecule has 2 aliphatic heterocycles. The Morgan fingerprint density at radius 1 is 1.35 bits per heavy atom. The van der Waals surface area contributed by atoms with E-state index in [2.05, 4.69) is 0 Å². The molecule has 0 aliphatic carbocycles. The first-order valence-electron chi connectivity index (χ1n) is 5.76. The van der Waals surface area contributed by atoms with E-state index in [1.54, 1.807) is 0 Å². The van der Waals surface area contributed by atoms with Crippen molar-refractivity contribution in [1.29, 1.82) is 0 Å². The van der Waals surface area contributed by atoms with Crippen LogP contribution in [0.25, 0.3) is 0 Å². The van der Waals surface area contributed by atoms with Crippen LogP contribution in [0.15, 0.2) is 0 Å². The Bertz CT molecular complexity index is 291. The molecule has 0 bridgehead atoms. The van der Waals surface area contributed by atoms with Crippen molar-refractivity contribution in [3.63, 3.8) is 0 Å². The molecule has 2 aliphatic rings. The molecule has 0 aromatic carbocycles. The van der Waals surface area contributed by atoms with E-state index in [0.29, 0.717) is 38.5 Å². The molecule has 0 radical (unpaired) electrons. The van der Waals surface area contributed by atoms with Gasteiger partial charge in [0.15, 0.2) is 0 Å². The number of aliphatic carboxylic acids is 1. The van der Waals surface area contributed by atoms with E-state index < -0.39 is 12.0 Å². The van der Waals surface area contributed by atoms with Crippen molar-refractivity contribution in [2.24, 2.45) is 5.92 Å². The van der Waals surface area contributed by atoms with Gasteiger partial charge < -0.3 is 19.5 Å². The van der Waals surface area contributed by atoms with Crippen LogP contribution in [0.1, 0.15) is 25.7 Å². The largest absolute Gasteiger partial charge is 1.00 e. The summed E-state index contributed by atoms with van der Waals surface area (Å²) in [6.07, 6.45) is 2.54. The molecule has 90 valence electrons. The fourth-order valence-electron chi connectivity index (χ4n) is 2.41. The van der Waals surface area contributed by atoms with Crippen LogP contribution in [0.5, 0.6) is 0 Å². The van der Waals surface area contributed by atoms with Crippen molar-refractivity contribution >= 4 is 11.9 Å². The summed E-state index contributed by atoms with van der Waals surface area (Å²) >= 11 is 0. The number of carbonyl (C=O) groups excluding carboxylic acids is 2. The summed E-state index contributed by atoms with van der Waals surface area (Å²) in [7, 11) is 0. The topological polar surface area (TPSA) is 69.7 Å². The third-order valence-electron chi connectivity index (χ3n) is 3.40. The zero-order valence-corrected chi connectivity index (χ0v) is 10.2. The molecule has 2 fully saturated rings. The predicted octanol–water partition coefficient (Wildman–Crippen LogP) is -3.84. The van der Waals surface area contributed by atoms with Crippen molar-refractivity contribution in [3.05, 3.63) is 0 Å². The molecule has 17 heavy (non-hydrogen) atoms. The number of carboxylic acid groups (broad SMARTS) is 1. The Balaban J connectivity index is 0.00000144. The normalized spacial score (nSPS) is 25.8. The van der Waals surface area contributed by atoms with E-state index in [1.807, 2.05) is 0 Å². The van der Waals surface area contributed by atoms with Gasteiger partial charge in [-0.25, -0.2) is 0 Å². The van der Waals surface area contributed by atoms with Gasteiger partial charge in [-0.15, -0.1) is 0 Å². The molecule has 0 aromatic heterocycles. The van der Waals surface area contributed by atoms with Gasteiger partial charge in [-0.3, -0.25) is 4.79 Å². The molecule has 2 rings (SSSR count). The second-order valence-electron chi connectivity index (χ2n) is 4.48. The maximum atomic E-state index is 11.6. The standard InChI is InChI=1S/C11H17NO4.Li/c13-10-2-1-9(11(14)15)12(10)7-8-3-5-16-6-4-8;/h8-9H,1-7H2,(H,14,15);/q;+1/p-1. The fourth-order valence-corrected chi connectivity index (χ4v) is 2.41. The smallest absolute Gasteiger partial charge is 0.548 e. The zero-order chi connectivity index (χ0) is 11.5. The van der Waals surface area contributed by atoms with E-state index in [0.717, 1.165) is 12.8 Å². The summed E-state index contributed by atoms with van der Waals surface area (Å²) < 4.78 is 5.23. The molecule has 0 saturated carbocycles. The number of hydrogen-bond acceptors (Lipinski definition) is 4. The van der Waals surface area contributed by atoms with E-state index in [1.165, 1.54) is 4.90 Å². The molecule has 6 heteroatoms. The molecule has 1 unspecified atom stereocenters. The Morgan fingerprint density at radius 2 is 2.00 bits per heavy atom. The maximum Gasteiger partial charge on any atom is 1.00 e. The third-order valence-corrected chi connectivity index (χ3v) is 3.40. The van der Waals surface area contributed by atoms with Crippen molar-refractivity contribution in [3.8, 4) is 0 Å². The van der Waals surface area contributed by atoms with Crippen LogP contribution in [0.2, 0.25) is 0 Å². The van der Waals surface area contributed by atoms with Gasteiger partial charge in [0.05, 0.1) is 12.0 Å². The van der Waals surface area contributed by atoms with E-state index in [9.17, 15) is 14.7 Å². The number of carboxylic acids is 1. The quantitative estimate of drug-likeness (QED) is 0.468. The Labute approximate surface area is 113 Å². The molecule has 1 atom stereocenters. The minimum absolute atomic E-state index is 0. The molecule has 2 heterocycles. The van der Waals surface area contributed by atoms with Gasteiger partial charge in [0.2, 0.25) is 5.91 Å². The summed E-state index contributed by atoms with van der Waals surface area (Å²) in [6.45, 7) is 1.96. The first-order chi connectivity index (χ1) is 7.68. The van der Waals surface area contributed by atoms with Crippen LogP contribution in [0, 0.1) is 5.92 Å². The summed E-state index contributed by atoms with van der Waals surface area (Å²) in [4.78, 5) is 23.9. The summed E-state index contributed by atoms with van der Waals surface area (Å²) in [5.74, 6) is -0.809. The number of nitrogens with zero attached hydrogens (tertiary/aromatic N) is 1. The van der Waals surface area contributed by atoms with Crippen molar-refractivity contribution in [1.82, 2.24) is 4.90 Å². The van der Waals surface area contributed by atoms with Crippen LogP contribution >= 0.6 is 0 Å². The number of carbonyl (C=O) groups is 2. The van der Waals surface area contributed by atoms with Crippen molar-refractivity contribution in [2.45, 2.75) is 31.7 Å². The molecular formula is C11H16LiNO4. The average molecular weight is 233 g/mol. The monoisotopic (exact) mass is 233 g/mol. The van der Waals surface area contributed by atoms with Gasteiger partial charge in [-0.05, 0) is 25.2 Å². The number of amides is 1. The van der Waals surface area contributed by atoms with Gasteiger partial charge in [0.1, 0.15) is 0 Å². The van der Waals surface area contributed by atoms with E-state index in [4.69, 9.17) is 4.74 Å². The van der Waals surface area contributed by atoms with Gasteiger partial charge in [-0.1, -0.05) is 0 Å². The van der Waals surface area contributed by atoms with E-state index >= 15 is 0 Å². The minimum atomic E-state index is -1.13. The molecule has 0 N–H and O–H groups in total. The van der Waals surface area contributed by atoms with E-state index in [-0.39, 0.29) is 24.8 Å². The van der Waals surface area contributed by atoms with Gasteiger partial charge in [-0.2, -0.15) is 0 Å². The second-order valence-corrected chi connectivity index (χ2v) is 4.48. The Kier molecular flexibility index (Phi) is 5.51. The minimum Gasteiger partial charge on any atom is -0.548 e. The number of rotatable bonds is 3. The third kappa shape index (κ3) is 3.48. The van der Waals surface area contributed by atoms with Crippen LogP contribution in [-0.2, 0) is 14.3 Å². The maximum absolute atomic E-state index is 11.6. The van der Waals surface area contributed by atoms with Crippen LogP contribution in [-0.4, -0.2) is 42.6 Å². The molecule has 5 nitrogen and oxygen atoms in total. The predicted molar refractivity (Wildman–Crippen MR) is 53.3 cm³/mol. The van der Waals surface area contributed by atoms with Crippen LogP contribution in [0.4, 0.5) is 0 Å². The van der Waals surface area contributed by atoms with Crippen LogP contribution in [0.3, 0.4) is 0 Å². The number of likely N-dealkylation sites (tertiary alicyclic amines) is 1. The second kappa shape index (κ2) is 6.44. The molecule has 2 saturated heterocycles. The van der Waals surface area contributed by atoms with Gasteiger partial charge >= 0.3 is 18.9 Å². The Morgan fingerprint density at radius 3 is 2.59 bits per heavy atom. The van der Waals surface area contributed by atoms with Gasteiger partial charge in [0.25, 0.3) is 0 Å². The number of ether oxygens (including phenoxy) is 1. The average Bonchev–Trinajstić information content (AvgIpc) is 2.62. The fraction of sp³-hybridized carbons (Fsp3) is 0.818. The first-order valence-corrected chi connectivity index (χ1v) is 5.76. The summed E-state index contributed by atoms with van der Waals surface area (Å²) in [5, 5.41) is 10.9. The summed E-state index contributed by atoms with van der Waals surface area (Å²) in [5.41, 5.74) is 0. The first kappa shape index (κ1) is 14.6.